The Morgan fingerprint density at radius 1 is 1.12 bits per heavy atom. The summed E-state index contributed by atoms with van der Waals surface area (Å²) in [5.41, 5.74) is 4.44. The molecular formula is C21H24N2O2S. The Hall–Kier alpha value is -2.11. The van der Waals surface area contributed by atoms with Crippen LogP contribution in [-0.2, 0) is 23.0 Å². The predicted molar refractivity (Wildman–Crippen MR) is 105 cm³/mol. The lowest BCUT2D eigenvalue weighted by Gasteiger charge is -2.34. The Balaban J connectivity index is 1.78. The van der Waals surface area contributed by atoms with E-state index in [0.29, 0.717) is 11.4 Å². The molecule has 26 heavy (non-hydrogen) atoms. The second kappa shape index (κ2) is 6.56. The molecule has 2 heterocycles. The second-order valence-electron chi connectivity index (χ2n) is 7.14. The molecule has 0 fully saturated rings. The van der Waals surface area contributed by atoms with Crippen LogP contribution in [0.5, 0.6) is 0 Å². The van der Waals surface area contributed by atoms with Crippen LogP contribution in [0.2, 0.25) is 0 Å². The summed E-state index contributed by atoms with van der Waals surface area (Å²) in [6.07, 6.45) is 2.59. The van der Waals surface area contributed by atoms with Crippen LogP contribution < -0.4 is 0 Å². The lowest BCUT2D eigenvalue weighted by Crippen LogP contribution is -2.44. The molecule has 1 aliphatic rings. The van der Waals surface area contributed by atoms with E-state index in [9.17, 15) is 8.42 Å². The molecule has 0 saturated heterocycles. The van der Waals surface area contributed by atoms with Crippen LogP contribution in [0, 0.1) is 6.92 Å². The Bertz CT molecular complexity index is 1040. The van der Waals surface area contributed by atoms with E-state index in [2.05, 4.69) is 24.0 Å². The summed E-state index contributed by atoms with van der Waals surface area (Å²) in [7, 11) is -3.52. The number of aromatic amines is 1. The molecule has 1 aliphatic heterocycles. The average molecular weight is 369 g/mol. The maximum absolute atomic E-state index is 13.3. The number of hydrogen-bond donors (Lipinski definition) is 1. The van der Waals surface area contributed by atoms with Crippen molar-refractivity contribution in [2.24, 2.45) is 0 Å². The number of sulfonamides is 1. The molecule has 0 bridgehead atoms. The Morgan fingerprint density at radius 3 is 2.58 bits per heavy atom. The molecule has 136 valence electrons. The molecule has 0 saturated carbocycles. The summed E-state index contributed by atoms with van der Waals surface area (Å²) < 4.78 is 28.3. The third-order valence-corrected chi connectivity index (χ3v) is 7.23. The van der Waals surface area contributed by atoms with E-state index in [0.717, 1.165) is 36.0 Å². The molecular weight excluding hydrogens is 344 g/mol. The monoisotopic (exact) mass is 368 g/mol. The number of aryl methyl sites for hydroxylation is 1. The van der Waals surface area contributed by atoms with Gasteiger partial charge in [-0.2, -0.15) is 4.31 Å². The van der Waals surface area contributed by atoms with Crippen LogP contribution in [0.15, 0.2) is 53.4 Å². The fraction of sp³-hybridized carbons (Fsp3) is 0.333. The summed E-state index contributed by atoms with van der Waals surface area (Å²) in [6.45, 7) is 4.49. The van der Waals surface area contributed by atoms with E-state index in [-0.39, 0.29) is 6.04 Å². The summed E-state index contributed by atoms with van der Waals surface area (Å²) in [6, 6.07) is 15.4. The molecule has 0 radical (unpaired) electrons. The molecule has 1 aromatic heterocycles. The van der Waals surface area contributed by atoms with Gasteiger partial charge in [0.2, 0.25) is 10.0 Å². The molecule has 3 aromatic rings. The van der Waals surface area contributed by atoms with Gasteiger partial charge >= 0.3 is 0 Å². The number of benzene rings is 2. The number of fused-ring (bicyclic) bond motifs is 3. The van der Waals surface area contributed by atoms with E-state index >= 15 is 0 Å². The lowest BCUT2D eigenvalue weighted by atomic mass is 9.96. The van der Waals surface area contributed by atoms with E-state index in [4.69, 9.17) is 0 Å². The molecule has 0 spiro atoms. The van der Waals surface area contributed by atoms with Crippen molar-refractivity contribution in [1.82, 2.24) is 9.29 Å². The van der Waals surface area contributed by atoms with E-state index < -0.39 is 10.0 Å². The summed E-state index contributed by atoms with van der Waals surface area (Å²) in [5.74, 6) is 0. The van der Waals surface area contributed by atoms with Gasteiger partial charge in [0.05, 0.1) is 11.4 Å². The Kier molecular flexibility index (Phi) is 4.37. The first-order valence-corrected chi connectivity index (χ1v) is 10.6. The zero-order valence-electron chi connectivity index (χ0n) is 15.2. The second-order valence-corrected chi connectivity index (χ2v) is 9.03. The SMILES string of the molecule is CCCC1Cc2c([nH]c3ccccc23)CN1S(=O)(=O)c1ccc(C)cc1. The van der Waals surface area contributed by atoms with Crippen LogP contribution in [0.25, 0.3) is 10.9 Å². The third-order valence-electron chi connectivity index (χ3n) is 5.31. The van der Waals surface area contributed by atoms with Crippen molar-refractivity contribution in [1.29, 1.82) is 0 Å². The molecule has 0 amide bonds. The van der Waals surface area contributed by atoms with Crippen LogP contribution in [0.3, 0.4) is 0 Å². The van der Waals surface area contributed by atoms with Crippen molar-refractivity contribution in [2.45, 2.75) is 50.6 Å². The molecule has 1 unspecified atom stereocenters. The van der Waals surface area contributed by atoms with Crippen molar-refractivity contribution in [2.75, 3.05) is 0 Å². The van der Waals surface area contributed by atoms with Gasteiger partial charge in [-0.05, 0) is 43.5 Å². The van der Waals surface area contributed by atoms with Crippen molar-refractivity contribution >= 4 is 20.9 Å². The average Bonchev–Trinajstić information content (AvgIpc) is 2.99. The normalized spacial score (nSPS) is 18.2. The Labute approximate surface area is 154 Å². The topological polar surface area (TPSA) is 53.2 Å². The highest BCUT2D eigenvalue weighted by Gasteiger charge is 2.36. The van der Waals surface area contributed by atoms with Gasteiger partial charge < -0.3 is 4.98 Å². The quantitative estimate of drug-likeness (QED) is 0.742. The zero-order chi connectivity index (χ0) is 18.3. The number of aromatic nitrogens is 1. The molecule has 1 N–H and O–H groups in total. The standard InChI is InChI=1S/C21H24N2O2S/c1-3-6-16-13-19-18-7-4-5-8-20(18)22-21(19)14-23(16)26(24,25)17-11-9-15(2)10-12-17/h4-5,7-12,16,22H,3,6,13-14H2,1-2H3. The Morgan fingerprint density at radius 2 is 1.85 bits per heavy atom. The molecule has 0 aliphatic carbocycles. The zero-order valence-corrected chi connectivity index (χ0v) is 16.0. The fourth-order valence-electron chi connectivity index (χ4n) is 3.95. The van der Waals surface area contributed by atoms with Crippen molar-refractivity contribution in [3.63, 3.8) is 0 Å². The number of nitrogens with one attached hydrogen (secondary N) is 1. The molecule has 2 aromatic carbocycles. The van der Waals surface area contributed by atoms with Crippen molar-refractivity contribution < 1.29 is 8.42 Å². The predicted octanol–water partition coefficient (Wildman–Crippen LogP) is 4.39. The van der Waals surface area contributed by atoms with Gasteiger partial charge in [0.15, 0.2) is 0 Å². The highest BCUT2D eigenvalue weighted by molar-refractivity contribution is 7.89. The fourth-order valence-corrected chi connectivity index (χ4v) is 5.57. The number of nitrogens with zero attached hydrogens (tertiary/aromatic N) is 1. The maximum Gasteiger partial charge on any atom is 0.243 e. The molecule has 5 heteroatoms. The minimum absolute atomic E-state index is 0.00184. The van der Waals surface area contributed by atoms with E-state index in [1.54, 1.807) is 16.4 Å². The maximum atomic E-state index is 13.3. The minimum atomic E-state index is -3.52. The number of hydrogen-bond acceptors (Lipinski definition) is 2. The minimum Gasteiger partial charge on any atom is -0.357 e. The highest BCUT2D eigenvalue weighted by atomic mass is 32.2. The van der Waals surface area contributed by atoms with Crippen LogP contribution in [0.1, 0.15) is 36.6 Å². The lowest BCUT2D eigenvalue weighted by molar-refractivity contribution is 0.274. The van der Waals surface area contributed by atoms with Gasteiger partial charge in [-0.1, -0.05) is 49.2 Å². The number of rotatable bonds is 4. The number of H-pyrrole nitrogens is 1. The largest absolute Gasteiger partial charge is 0.357 e. The van der Waals surface area contributed by atoms with Crippen LogP contribution >= 0.6 is 0 Å². The van der Waals surface area contributed by atoms with E-state index in [1.165, 1.54) is 10.9 Å². The first kappa shape index (κ1) is 17.3. The molecule has 4 rings (SSSR count). The summed E-state index contributed by atoms with van der Waals surface area (Å²) in [5, 5.41) is 1.22. The van der Waals surface area contributed by atoms with Gasteiger partial charge in [0.1, 0.15) is 0 Å². The van der Waals surface area contributed by atoms with Gasteiger partial charge in [-0.25, -0.2) is 8.42 Å². The van der Waals surface area contributed by atoms with Gasteiger partial charge in [0, 0.05) is 22.6 Å². The first-order chi connectivity index (χ1) is 12.5. The van der Waals surface area contributed by atoms with Gasteiger partial charge in [-0.15, -0.1) is 0 Å². The van der Waals surface area contributed by atoms with Crippen molar-refractivity contribution in [3.8, 4) is 0 Å². The third kappa shape index (κ3) is 2.85. The molecule has 4 nitrogen and oxygen atoms in total. The summed E-state index contributed by atoms with van der Waals surface area (Å²) >= 11 is 0. The number of para-hydroxylation sites is 1. The summed E-state index contributed by atoms with van der Waals surface area (Å²) in [4.78, 5) is 3.81. The van der Waals surface area contributed by atoms with Crippen LogP contribution in [-0.4, -0.2) is 23.7 Å². The highest BCUT2D eigenvalue weighted by Crippen LogP contribution is 2.34. The molecule has 1 atom stereocenters. The van der Waals surface area contributed by atoms with E-state index in [1.807, 2.05) is 31.2 Å². The van der Waals surface area contributed by atoms with Gasteiger partial charge in [-0.3, -0.25) is 0 Å². The smallest absolute Gasteiger partial charge is 0.243 e. The van der Waals surface area contributed by atoms with Crippen LogP contribution in [0.4, 0.5) is 0 Å². The van der Waals surface area contributed by atoms with Crippen molar-refractivity contribution in [3.05, 3.63) is 65.4 Å². The van der Waals surface area contributed by atoms with Gasteiger partial charge in [0.25, 0.3) is 0 Å². The first-order valence-electron chi connectivity index (χ1n) is 9.17.